The van der Waals surface area contributed by atoms with Gasteiger partial charge in [-0.2, -0.15) is 0 Å². The first kappa shape index (κ1) is 15.8. The zero-order valence-electron chi connectivity index (χ0n) is 12.8. The lowest BCUT2D eigenvalue weighted by Gasteiger charge is -2.43. The smallest absolute Gasteiger partial charge is 0.0474 e. The van der Waals surface area contributed by atoms with Crippen LogP contribution in [-0.4, -0.2) is 49.1 Å². The maximum atomic E-state index is 6.08. The van der Waals surface area contributed by atoms with Gasteiger partial charge in [0.25, 0.3) is 0 Å². The third-order valence-corrected chi connectivity index (χ3v) is 4.77. The summed E-state index contributed by atoms with van der Waals surface area (Å²) in [5.41, 5.74) is 8.63. The van der Waals surface area contributed by atoms with E-state index < -0.39 is 0 Å². The van der Waals surface area contributed by atoms with Crippen molar-refractivity contribution in [2.24, 2.45) is 5.73 Å². The van der Waals surface area contributed by atoms with Gasteiger partial charge in [-0.15, -0.1) is 0 Å². The maximum absolute atomic E-state index is 6.08. The molecule has 1 fully saturated rings. The van der Waals surface area contributed by atoms with E-state index in [1.165, 1.54) is 17.5 Å². The molecule has 1 aromatic rings. The van der Waals surface area contributed by atoms with Crippen LogP contribution in [0.4, 0.5) is 0 Å². The number of nitrogens with zero attached hydrogens (tertiary/aromatic N) is 2. The minimum atomic E-state index is 0.301. The van der Waals surface area contributed by atoms with E-state index in [4.69, 9.17) is 17.3 Å². The standard InChI is InChI=1S/C16H26ClN3/c1-4-14-11-20(8-7-19(14)3)16(10-18)15-6-5-13(17)9-12(15)2/h5-6,9,14,16H,4,7-8,10-11,18H2,1-3H3. The normalized spacial score (nSPS) is 22.9. The van der Waals surface area contributed by atoms with Crippen molar-refractivity contribution in [2.45, 2.75) is 32.4 Å². The van der Waals surface area contributed by atoms with Crippen LogP contribution in [0.3, 0.4) is 0 Å². The summed E-state index contributed by atoms with van der Waals surface area (Å²) in [5, 5.41) is 0.798. The van der Waals surface area contributed by atoms with E-state index in [2.05, 4.69) is 36.8 Å². The van der Waals surface area contributed by atoms with Crippen molar-refractivity contribution in [3.05, 3.63) is 34.3 Å². The molecule has 0 bridgehead atoms. The monoisotopic (exact) mass is 295 g/mol. The quantitative estimate of drug-likeness (QED) is 0.927. The predicted molar refractivity (Wildman–Crippen MR) is 86.3 cm³/mol. The van der Waals surface area contributed by atoms with E-state index in [1.807, 2.05) is 12.1 Å². The first-order valence-electron chi connectivity index (χ1n) is 7.47. The molecule has 1 heterocycles. The molecule has 3 nitrogen and oxygen atoms in total. The molecule has 1 aliphatic heterocycles. The summed E-state index contributed by atoms with van der Waals surface area (Å²) < 4.78 is 0. The Hall–Kier alpha value is -0.610. The summed E-state index contributed by atoms with van der Waals surface area (Å²) in [6.07, 6.45) is 1.18. The molecule has 0 aromatic heterocycles. The van der Waals surface area contributed by atoms with Crippen molar-refractivity contribution >= 4 is 11.6 Å². The second-order valence-electron chi connectivity index (χ2n) is 5.79. The molecule has 2 atom stereocenters. The molecule has 2 rings (SSSR count). The lowest BCUT2D eigenvalue weighted by Crippen LogP contribution is -2.53. The van der Waals surface area contributed by atoms with Crippen molar-refractivity contribution in [3.63, 3.8) is 0 Å². The van der Waals surface area contributed by atoms with Crippen molar-refractivity contribution in [1.29, 1.82) is 0 Å². The molecular formula is C16H26ClN3. The number of rotatable bonds is 4. The van der Waals surface area contributed by atoms with Gasteiger partial charge >= 0.3 is 0 Å². The van der Waals surface area contributed by atoms with Gasteiger partial charge in [-0.25, -0.2) is 0 Å². The van der Waals surface area contributed by atoms with E-state index in [-0.39, 0.29) is 0 Å². The van der Waals surface area contributed by atoms with Crippen LogP contribution in [0, 0.1) is 6.92 Å². The molecular weight excluding hydrogens is 270 g/mol. The van der Waals surface area contributed by atoms with E-state index >= 15 is 0 Å². The van der Waals surface area contributed by atoms with Crippen molar-refractivity contribution < 1.29 is 0 Å². The van der Waals surface area contributed by atoms with Crippen LogP contribution in [0.5, 0.6) is 0 Å². The number of benzene rings is 1. The van der Waals surface area contributed by atoms with Crippen LogP contribution in [0.15, 0.2) is 18.2 Å². The van der Waals surface area contributed by atoms with Gasteiger partial charge in [0.2, 0.25) is 0 Å². The molecule has 0 amide bonds. The minimum absolute atomic E-state index is 0.301. The number of hydrogen-bond donors (Lipinski definition) is 1. The van der Waals surface area contributed by atoms with Gasteiger partial charge in [0.1, 0.15) is 0 Å². The molecule has 0 spiro atoms. The van der Waals surface area contributed by atoms with Gasteiger partial charge in [0, 0.05) is 43.3 Å². The van der Waals surface area contributed by atoms with Gasteiger partial charge in [-0.05, 0) is 43.7 Å². The number of aryl methyl sites for hydroxylation is 1. The molecule has 0 saturated carbocycles. The third kappa shape index (κ3) is 3.34. The Morgan fingerprint density at radius 1 is 1.40 bits per heavy atom. The maximum Gasteiger partial charge on any atom is 0.0474 e. The zero-order chi connectivity index (χ0) is 14.7. The molecule has 20 heavy (non-hydrogen) atoms. The van der Waals surface area contributed by atoms with Crippen molar-refractivity contribution in [3.8, 4) is 0 Å². The van der Waals surface area contributed by atoms with Gasteiger partial charge in [-0.1, -0.05) is 24.6 Å². The van der Waals surface area contributed by atoms with Gasteiger partial charge in [0.15, 0.2) is 0 Å². The van der Waals surface area contributed by atoms with E-state index in [9.17, 15) is 0 Å². The lowest BCUT2D eigenvalue weighted by molar-refractivity contribution is 0.0642. The first-order chi connectivity index (χ1) is 9.56. The Morgan fingerprint density at radius 3 is 2.75 bits per heavy atom. The molecule has 1 aliphatic rings. The van der Waals surface area contributed by atoms with E-state index in [0.717, 1.165) is 24.7 Å². The summed E-state index contributed by atoms with van der Waals surface area (Å²) in [7, 11) is 2.22. The van der Waals surface area contributed by atoms with Crippen LogP contribution in [0.1, 0.15) is 30.5 Å². The first-order valence-corrected chi connectivity index (χ1v) is 7.85. The minimum Gasteiger partial charge on any atom is -0.329 e. The molecule has 0 aliphatic carbocycles. The summed E-state index contributed by atoms with van der Waals surface area (Å²) in [4.78, 5) is 4.99. The Morgan fingerprint density at radius 2 is 2.15 bits per heavy atom. The van der Waals surface area contributed by atoms with Crippen LogP contribution in [-0.2, 0) is 0 Å². The Kier molecular flexibility index (Phi) is 5.44. The topological polar surface area (TPSA) is 32.5 Å². The van der Waals surface area contributed by atoms with Gasteiger partial charge in [0.05, 0.1) is 0 Å². The summed E-state index contributed by atoms with van der Waals surface area (Å²) in [6, 6.07) is 7.07. The highest BCUT2D eigenvalue weighted by Crippen LogP contribution is 2.27. The fourth-order valence-electron chi connectivity index (χ4n) is 3.18. The molecule has 2 N–H and O–H groups in total. The molecule has 4 heteroatoms. The van der Waals surface area contributed by atoms with Crippen molar-refractivity contribution in [2.75, 3.05) is 33.2 Å². The summed E-state index contributed by atoms with van der Waals surface area (Å²) in [5.74, 6) is 0. The Labute approximate surface area is 127 Å². The highest BCUT2D eigenvalue weighted by molar-refractivity contribution is 6.30. The highest BCUT2D eigenvalue weighted by Gasteiger charge is 2.28. The molecule has 112 valence electrons. The molecule has 0 radical (unpaired) electrons. The Balaban J connectivity index is 2.19. The predicted octanol–water partition coefficient (Wildman–Crippen LogP) is 2.67. The van der Waals surface area contributed by atoms with Crippen LogP contribution < -0.4 is 5.73 Å². The van der Waals surface area contributed by atoms with Gasteiger partial charge in [-0.3, -0.25) is 4.90 Å². The fraction of sp³-hybridized carbons (Fsp3) is 0.625. The number of halogens is 1. The van der Waals surface area contributed by atoms with E-state index in [1.54, 1.807) is 0 Å². The summed E-state index contributed by atoms with van der Waals surface area (Å²) in [6.45, 7) is 8.32. The number of likely N-dealkylation sites (N-methyl/N-ethyl adjacent to an activating group) is 1. The number of piperazine rings is 1. The SMILES string of the molecule is CCC1CN(C(CN)c2ccc(Cl)cc2C)CCN1C. The highest BCUT2D eigenvalue weighted by atomic mass is 35.5. The molecule has 1 saturated heterocycles. The Bertz CT molecular complexity index is 449. The van der Waals surface area contributed by atoms with E-state index in [0.29, 0.717) is 18.6 Å². The molecule has 1 aromatic carbocycles. The lowest BCUT2D eigenvalue weighted by atomic mass is 9.98. The second kappa shape index (κ2) is 6.90. The van der Waals surface area contributed by atoms with Gasteiger partial charge < -0.3 is 10.6 Å². The molecule has 2 unspecified atom stereocenters. The average Bonchev–Trinajstić information content (AvgIpc) is 2.43. The largest absolute Gasteiger partial charge is 0.329 e. The van der Waals surface area contributed by atoms with Crippen LogP contribution in [0.25, 0.3) is 0 Å². The van der Waals surface area contributed by atoms with Crippen LogP contribution >= 0.6 is 11.6 Å². The zero-order valence-corrected chi connectivity index (χ0v) is 13.5. The number of nitrogens with two attached hydrogens (primary N) is 1. The number of hydrogen-bond acceptors (Lipinski definition) is 3. The van der Waals surface area contributed by atoms with Crippen LogP contribution in [0.2, 0.25) is 5.02 Å². The second-order valence-corrected chi connectivity index (χ2v) is 6.23. The van der Waals surface area contributed by atoms with Crippen molar-refractivity contribution in [1.82, 2.24) is 9.80 Å². The fourth-order valence-corrected chi connectivity index (χ4v) is 3.41. The summed E-state index contributed by atoms with van der Waals surface area (Å²) >= 11 is 6.06. The third-order valence-electron chi connectivity index (χ3n) is 4.53. The average molecular weight is 296 g/mol.